The normalized spacial score (nSPS) is 17.1. The maximum Gasteiger partial charge on any atom is 0.124 e. The Labute approximate surface area is 140 Å². The van der Waals surface area contributed by atoms with Crippen LogP contribution in [0.15, 0.2) is 78.2 Å². The Kier molecular flexibility index (Phi) is 3.77. The minimum absolute atomic E-state index is 0.192. The van der Waals surface area contributed by atoms with Gasteiger partial charge in [-0.05, 0) is 22.6 Å². The van der Waals surface area contributed by atoms with Crippen molar-refractivity contribution in [2.24, 2.45) is 0 Å². The highest BCUT2D eigenvalue weighted by Gasteiger charge is 2.46. The summed E-state index contributed by atoms with van der Waals surface area (Å²) >= 11 is 1.63. The van der Waals surface area contributed by atoms with Gasteiger partial charge in [0, 0.05) is 18.0 Å². The van der Waals surface area contributed by atoms with Gasteiger partial charge in [-0.1, -0.05) is 66.7 Å². The second kappa shape index (κ2) is 5.93. The third-order valence-corrected chi connectivity index (χ3v) is 5.57. The maximum atomic E-state index is 10.9. The van der Waals surface area contributed by atoms with E-state index in [-0.39, 0.29) is 6.04 Å². The molecule has 3 heteroatoms. The predicted octanol–water partition coefficient (Wildman–Crippen LogP) is 4.04. The van der Waals surface area contributed by atoms with Gasteiger partial charge in [0.15, 0.2) is 0 Å². The number of β-amino-alcohol motifs (C(OH)–C–C–N with tert-alkyl or cyclic N) is 1. The Morgan fingerprint density at radius 3 is 1.87 bits per heavy atom. The van der Waals surface area contributed by atoms with E-state index in [1.165, 1.54) is 11.1 Å². The highest BCUT2D eigenvalue weighted by Crippen LogP contribution is 2.41. The van der Waals surface area contributed by atoms with Gasteiger partial charge in [0.2, 0.25) is 0 Å². The highest BCUT2D eigenvalue weighted by molar-refractivity contribution is 7.10. The Hall–Kier alpha value is -1.94. The second-order valence-electron chi connectivity index (χ2n) is 6.14. The quantitative estimate of drug-likeness (QED) is 0.784. The Morgan fingerprint density at radius 1 is 0.826 bits per heavy atom. The van der Waals surface area contributed by atoms with Gasteiger partial charge in [0.1, 0.15) is 5.60 Å². The summed E-state index contributed by atoms with van der Waals surface area (Å²) in [5.74, 6) is 0. The SMILES string of the molecule is OC1(c2cccs2)CN(C(c2ccccc2)c2ccccc2)C1. The maximum absolute atomic E-state index is 10.9. The Morgan fingerprint density at radius 2 is 1.39 bits per heavy atom. The van der Waals surface area contributed by atoms with Crippen molar-refractivity contribution < 1.29 is 5.11 Å². The third-order valence-electron chi connectivity index (χ3n) is 4.50. The summed E-state index contributed by atoms with van der Waals surface area (Å²) in [6, 6.07) is 25.3. The fourth-order valence-electron chi connectivity index (χ4n) is 3.39. The van der Waals surface area contributed by atoms with E-state index in [1.807, 2.05) is 29.6 Å². The van der Waals surface area contributed by atoms with Gasteiger partial charge in [0.25, 0.3) is 0 Å². The van der Waals surface area contributed by atoms with Crippen molar-refractivity contribution in [1.82, 2.24) is 4.90 Å². The molecule has 116 valence electrons. The van der Waals surface area contributed by atoms with Crippen molar-refractivity contribution in [1.29, 1.82) is 0 Å². The number of thiophene rings is 1. The monoisotopic (exact) mass is 321 g/mol. The molecule has 4 rings (SSSR count). The minimum atomic E-state index is -0.698. The van der Waals surface area contributed by atoms with E-state index < -0.39 is 5.60 Å². The summed E-state index contributed by atoms with van der Waals surface area (Å²) in [7, 11) is 0. The molecule has 0 atom stereocenters. The lowest BCUT2D eigenvalue weighted by atomic mass is 9.86. The van der Waals surface area contributed by atoms with E-state index in [0.29, 0.717) is 13.1 Å². The zero-order valence-electron chi connectivity index (χ0n) is 12.8. The first-order valence-electron chi connectivity index (χ1n) is 7.87. The van der Waals surface area contributed by atoms with Gasteiger partial charge < -0.3 is 5.11 Å². The molecule has 1 aliphatic heterocycles. The summed E-state index contributed by atoms with van der Waals surface area (Å²) in [5.41, 5.74) is 1.84. The van der Waals surface area contributed by atoms with E-state index in [0.717, 1.165) is 4.88 Å². The Balaban J connectivity index is 1.63. The lowest BCUT2D eigenvalue weighted by Gasteiger charge is -2.50. The molecule has 0 bridgehead atoms. The highest BCUT2D eigenvalue weighted by atomic mass is 32.1. The van der Waals surface area contributed by atoms with Crippen LogP contribution in [-0.2, 0) is 5.60 Å². The van der Waals surface area contributed by atoms with Gasteiger partial charge in [-0.15, -0.1) is 11.3 Å². The molecule has 2 aromatic carbocycles. The molecule has 3 aromatic rings. The molecule has 0 saturated carbocycles. The zero-order chi connectivity index (χ0) is 15.7. The van der Waals surface area contributed by atoms with E-state index >= 15 is 0 Å². The van der Waals surface area contributed by atoms with Crippen molar-refractivity contribution in [3.8, 4) is 0 Å². The van der Waals surface area contributed by atoms with Gasteiger partial charge in [-0.25, -0.2) is 0 Å². The number of nitrogens with zero attached hydrogens (tertiary/aromatic N) is 1. The molecule has 23 heavy (non-hydrogen) atoms. The molecule has 1 aromatic heterocycles. The standard InChI is InChI=1S/C20H19NOS/c22-20(18-12-7-13-23-18)14-21(15-20)19(16-8-3-1-4-9-16)17-10-5-2-6-11-17/h1-13,19,22H,14-15H2. The second-order valence-corrected chi connectivity index (χ2v) is 7.09. The molecule has 0 radical (unpaired) electrons. The average molecular weight is 321 g/mol. The molecule has 1 fully saturated rings. The van der Waals surface area contributed by atoms with Gasteiger partial charge >= 0.3 is 0 Å². The Bertz CT molecular complexity index is 709. The molecule has 0 aliphatic carbocycles. The molecule has 0 unspecified atom stereocenters. The van der Waals surface area contributed by atoms with Crippen molar-refractivity contribution in [2.75, 3.05) is 13.1 Å². The fraction of sp³-hybridized carbons (Fsp3) is 0.200. The van der Waals surface area contributed by atoms with Crippen LogP contribution in [0.5, 0.6) is 0 Å². The van der Waals surface area contributed by atoms with Crippen molar-refractivity contribution in [3.05, 3.63) is 94.2 Å². The smallest absolute Gasteiger partial charge is 0.124 e. The number of likely N-dealkylation sites (tertiary alicyclic amines) is 1. The lowest BCUT2D eigenvalue weighted by Crippen LogP contribution is -2.60. The minimum Gasteiger partial charge on any atom is -0.382 e. The van der Waals surface area contributed by atoms with Crippen LogP contribution in [0, 0.1) is 0 Å². The van der Waals surface area contributed by atoms with E-state index in [4.69, 9.17) is 0 Å². The predicted molar refractivity (Wildman–Crippen MR) is 94.5 cm³/mol. The van der Waals surface area contributed by atoms with E-state index in [1.54, 1.807) is 11.3 Å². The summed E-state index contributed by atoms with van der Waals surface area (Å²) in [4.78, 5) is 3.42. The first-order valence-corrected chi connectivity index (χ1v) is 8.74. The number of rotatable bonds is 4. The fourth-order valence-corrected chi connectivity index (χ4v) is 4.20. The first kappa shape index (κ1) is 14.6. The van der Waals surface area contributed by atoms with Gasteiger partial charge in [-0.3, -0.25) is 4.90 Å². The summed E-state index contributed by atoms with van der Waals surface area (Å²) in [5, 5.41) is 12.9. The van der Waals surface area contributed by atoms with Crippen LogP contribution in [0.4, 0.5) is 0 Å². The first-order chi connectivity index (χ1) is 11.3. The molecule has 1 saturated heterocycles. The number of aliphatic hydroxyl groups is 1. The zero-order valence-corrected chi connectivity index (χ0v) is 13.6. The van der Waals surface area contributed by atoms with Gasteiger partial charge in [-0.2, -0.15) is 0 Å². The largest absolute Gasteiger partial charge is 0.382 e. The molecule has 2 heterocycles. The van der Waals surface area contributed by atoms with Crippen LogP contribution in [0.1, 0.15) is 22.0 Å². The molecule has 2 nitrogen and oxygen atoms in total. The number of hydrogen-bond donors (Lipinski definition) is 1. The summed E-state index contributed by atoms with van der Waals surface area (Å²) in [6.07, 6.45) is 0. The van der Waals surface area contributed by atoms with Crippen LogP contribution in [-0.4, -0.2) is 23.1 Å². The number of hydrogen-bond acceptors (Lipinski definition) is 3. The van der Waals surface area contributed by atoms with Crippen LogP contribution in [0.3, 0.4) is 0 Å². The molecular weight excluding hydrogens is 302 g/mol. The summed E-state index contributed by atoms with van der Waals surface area (Å²) < 4.78 is 0. The summed E-state index contributed by atoms with van der Waals surface area (Å²) in [6.45, 7) is 1.34. The third kappa shape index (κ3) is 2.72. The van der Waals surface area contributed by atoms with E-state index in [9.17, 15) is 5.11 Å². The van der Waals surface area contributed by atoms with Crippen molar-refractivity contribution >= 4 is 11.3 Å². The molecular formula is C20H19NOS. The van der Waals surface area contributed by atoms with E-state index in [2.05, 4.69) is 53.4 Å². The van der Waals surface area contributed by atoms with Crippen LogP contribution < -0.4 is 0 Å². The average Bonchev–Trinajstić information content (AvgIpc) is 3.10. The topological polar surface area (TPSA) is 23.5 Å². The van der Waals surface area contributed by atoms with Gasteiger partial charge in [0.05, 0.1) is 6.04 Å². The molecule has 1 N–H and O–H groups in total. The molecule has 1 aliphatic rings. The van der Waals surface area contributed by atoms with Crippen LogP contribution >= 0.6 is 11.3 Å². The lowest BCUT2D eigenvalue weighted by molar-refractivity contribution is -0.114. The van der Waals surface area contributed by atoms with Crippen molar-refractivity contribution in [3.63, 3.8) is 0 Å². The van der Waals surface area contributed by atoms with Crippen molar-refractivity contribution in [2.45, 2.75) is 11.6 Å². The number of benzene rings is 2. The van der Waals surface area contributed by atoms with Crippen LogP contribution in [0.2, 0.25) is 0 Å². The molecule has 0 spiro atoms. The molecule has 0 amide bonds. The van der Waals surface area contributed by atoms with Crippen LogP contribution in [0.25, 0.3) is 0 Å².